The number of carboxylic acids is 1. The van der Waals surface area contributed by atoms with Crippen LogP contribution in [0, 0.1) is 3.57 Å². The van der Waals surface area contributed by atoms with Crippen molar-refractivity contribution in [3.05, 3.63) is 51.6 Å². The molecule has 0 saturated heterocycles. The highest BCUT2D eigenvalue weighted by Crippen LogP contribution is 2.32. The van der Waals surface area contributed by atoms with E-state index in [9.17, 15) is 9.90 Å². The average Bonchev–Trinajstić information content (AvgIpc) is 2.40. The maximum atomic E-state index is 11.4. The zero-order valence-corrected chi connectivity index (χ0v) is 13.1. The Labute approximate surface area is 129 Å². The summed E-state index contributed by atoms with van der Waals surface area (Å²) in [5.74, 6) is 0.00666. The Morgan fingerprint density at radius 2 is 1.89 bits per heavy atom. The van der Waals surface area contributed by atoms with E-state index in [0.717, 1.165) is 3.57 Å². The summed E-state index contributed by atoms with van der Waals surface area (Å²) in [4.78, 5) is 12.0. The molecule has 0 heterocycles. The van der Waals surface area contributed by atoms with Gasteiger partial charge in [0.05, 0.1) is 0 Å². The lowest BCUT2D eigenvalue weighted by Crippen LogP contribution is -2.02. The smallest absolute Gasteiger partial charge is 0.340 e. The quantitative estimate of drug-likeness (QED) is 0.621. The molecule has 2 rings (SSSR count). The highest BCUT2D eigenvalue weighted by atomic mass is 127. The van der Waals surface area contributed by atoms with E-state index in [1.807, 2.05) is 30.5 Å². The first-order chi connectivity index (χ1) is 9.11. The minimum atomic E-state index is -0.981. The highest BCUT2D eigenvalue weighted by Gasteiger charge is 2.16. The van der Waals surface area contributed by atoms with E-state index < -0.39 is 5.97 Å². The van der Waals surface area contributed by atoms with Crippen molar-refractivity contribution < 1.29 is 14.6 Å². The Balaban J connectivity index is 2.39. The molecule has 5 heteroatoms. The number of carboxylic acid groups (broad SMARTS) is 1. The monoisotopic (exact) mass is 386 g/mol. The molecule has 0 aliphatic heterocycles. The largest absolute Gasteiger partial charge is 0.478 e. The fourth-order valence-electron chi connectivity index (χ4n) is 1.61. The number of halogens is 1. The number of aromatic carboxylic acids is 1. The molecule has 0 radical (unpaired) electrons. The molecule has 0 saturated carbocycles. The van der Waals surface area contributed by atoms with Crippen molar-refractivity contribution >= 4 is 40.3 Å². The number of thioether (sulfide) groups is 1. The van der Waals surface area contributed by atoms with E-state index in [2.05, 4.69) is 22.6 Å². The minimum Gasteiger partial charge on any atom is -0.478 e. The van der Waals surface area contributed by atoms with Crippen LogP contribution in [0.4, 0.5) is 0 Å². The number of hydrogen-bond acceptors (Lipinski definition) is 3. The summed E-state index contributed by atoms with van der Waals surface area (Å²) >= 11 is 3.59. The lowest BCUT2D eigenvalue weighted by molar-refractivity contribution is 0.0690. The summed E-state index contributed by atoms with van der Waals surface area (Å²) in [5, 5.41) is 9.31. The first-order valence-electron chi connectivity index (χ1n) is 5.45. The van der Waals surface area contributed by atoms with Crippen molar-refractivity contribution in [1.82, 2.24) is 0 Å². The third kappa shape index (κ3) is 3.42. The van der Waals surface area contributed by atoms with Gasteiger partial charge in [-0.1, -0.05) is 6.07 Å². The molecule has 0 fully saturated rings. The summed E-state index contributed by atoms with van der Waals surface area (Å²) in [6, 6.07) is 12.7. The normalized spacial score (nSPS) is 10.2. The van der Waals surface area contributed by atoms with Gasteiger partial charge in [-0.2, -0.15) is 0 Å². The molecular formula is C14H11IO3S. The second-order valence-electron chi connectivity index (χ2n) is 3.69. The van der Waals surface area contributed by atoms with Crippen LogP contribution in [-0.4, -0.2) is 17.3 Å². The maximum Gasteiger partial charge on any atom is 0.340 e. The zero-order chi connectivity index (χ0) is 13.8. The topological polar surface area (TPSA) is 46.5 Å². The molecule has 0 unspecified atom stereocenters. The van der Waals surface area contributed by atoms with Gasteiger partial charge in [0, 0.05) is 8.47 Å². The molecule has 2 aromatic rings. The number of hydrogen-bond donors (Lipinski definition) is 1. The number of rotatable bonds is 4. The summed E-state index contributed by atoms with van der Waals surface area (Å²) in [7, 11) is 0. The molecule has 0 aromatic heterocycles. The van der Waals surface area contributed by atoms with Gasteiger partial charge in [-0.15, -0.1) is 11.8 Å². The summed E-state index contributed by atoms with van der Waals surface area (Å²) in [6.45, 7) is 0. The van der Waals surface area contributed by atoms with E-state index in [1.165, 1.54) is 11.8 Å². The zero-order valence-electron chi connectivity index (χ0n) is 10.1. The molecule has 0 spiro atoms. The van der Waals surface area contributed by atoms with Crippen LogP contribution in [0.2, 0.25) is 0 Å². The van der Waals surface area contributed by atoms with Gasteiger partial charge in [-0.25, -0.2) is 4.79 Å². The van der Waals surface area contributed by atoms with E-state index in [-0.39, 0.29) is 5.56 Å². The number of carbonyl (C=O) groups is 1. The van der Waals surface area contributed by atoms with Crippen molar-refractivity contribution in [3.63, 3.8) is 0 Å². The van der Waals surface area contributed by atoms with Gasteiger partial charge in [0.1, 0.15) is 17.1 Å². The first-order valence-corrected chi connectivity index (χ1v) is 7.76. The van der Waals surface area contributed by atoms with Crippen molar-refractivity contribution in [2.45, 2.75) is 4.90 Å². The SMILES string of the molecule is CSc1cccc(Oc2ccc(I)cc2)c1C(=O)O. The molecule has 2 aromatic carbocycles. The average molecular weight is 386 g/mol. The van der Waals surface area contributed by atoms with Gasteiger partial charge in [0.2, 0.25) is 0 Å². The van der Waals surface area contributed by atoms with Crippen molar-refractivity contribution in [3.8, 4) is 11.5 Å². The fourth-order valence-corrected chi connectivity index (χ4v) is 2.57. The third-order valence-corrected chi connectivity index (χ3v) is 3.96. The first kappa shape index (κ1) is 14.2. The van der Waals surface area contributed by atoms with Crippen molar-refractivity contribution in [2.75, 3.05) is 6.26 Å². The summed E-state index contributed by atoms with van der Waals surface area (Å²) in [5.41, 5.74) is 0.202. The summed E-state index contributed by atoms with van der Waals surface area (Å²) < 4.78 is 6.77. The predicted molar refractivity (Wildman–Crippen MR) is 84.4 cm³/mol. The van der Waals surface area contributed by atoms with Crippen LogP contribution in [0.5, 0.6) is 11.5 Å². The minimum absolute atomic E-state index is 0.202. The van der Waals surface area contributed by atoms with Crippen LogP contribution >= 0.6 is 34.4 Å². The molecule has 19 heavy (non-hydrogen) atoms. The molecule has 0 amide bonds. The lowest BCUT2D eigenvalue weighted by Gasteiger charge is -2.11. The fraction of sp³-hybridized carbons (Fsp3) is 0.0714. The van der Waals surface area contributed by atoms with Gasteiger partial charge in [-0.05, 0) is 65.2 Å². The molecule has 0 aliphatic rings. The van der Waals surface area contributed by atoms with E-state index in [4.69, 9.17) is 4.74 Å². The predicted octanol–water partition coefficient (Wildman–Crippen LogP) is 4.50. The van der Waals surface area contributed by atoms with Gasteiger partial charge in [-0.3, -0.25) is 0 Å². The molecule has 0 atom stereocenters. The second-order valence-corrected chi connectivity index (χ2v) is 5.79. The standard InChI is InChI=1S/C14H11IO3S/c1-19-12-4-2-3-11(13(12)14(16)17)18-10-7-5-9(15)6-8-10/h2-8H,1H3,(H,16,17). The Morgan fingerprint density at radius 1 is 1.21 bits per heavy atom. The van der Waals surface area contributed by atoms with E-state index >= 15 is 0 Å². The number of benzene rings is 2. The molecule has 98 valence electrons. The maximum absolute atomic E-state index is 11.4. The van der Waals surface area contributed by atoms with Gasteiger partial charge in [0.15, 0.2) is 0 Å². The van der Waals surface area contributed by atoms with Crippen molar-refractivity contribution in [2.24, 2.45) is 0 Å². The van der Waals surface area contributed by atoms with E-state index in [0.29, 0.717) is 16.4 Å². The Hall–Kier alpha value is -1.21. The van der Waals surface area contributed by atoms with Gasteiger partial charge < -0.3 is 9.84 Å². The molecule has 3 nitrogen and oxygen atoms in total. The van der Waals surface area contributed by atoms with Gasteiger partial charge in [0.25, 0.3) is 0 Å². The van der Waals surface area contributed by atoms with Crippen molar-refractivity contribution in [1.29, 1.82) is 0 Å². The Kier molecular flexibility index (Phi) is 4.71. The Bertz CT molecular complexity index is 596. The highest BCUT2D eigenvalue weighted by molar-refractivity contribution is 14.1. The summed E-state index contributed by atoms with van der Waals surface area (Å²) in [6.07, 6.45) is 1.84. The van der Waals surface area contributed by atoms with Crippen LogP contribution in [-0.2, 0) is 0 Å². The molecule has 1 N–H and O–H groups in total. The van der Waals surface area contributed by atoms with Gasteiger partial charge >= 0.3 is 5.97 Å². The van der Waals surface area contributed by atoms with E-state index in [1.54, 1.807) is 18.2 Å². The van der Waals surface area contributed by atoms with Crippen LogP contribution in [0.1, 0.15) is 10.4 Å². The Morgan fingerprint density at radius 3 is 2.47 bits per heavy atom. The lowest BCUT2D eigenvalue weighted by atomic mass is 10.2. The molecular weight excluding hydrogens is 375 g/mol. The van der Waals surface area contributed by atoms with Crippen LogP contribution in [0.15, 0.2) is 47.4 Å². The number of ether oxygens (including phenoxy) is 1. The van der Waals surface area contributed by atoms with Crippen LogP contribution in [0.3, 0.4) is 0 Å². The molecule has 0 aliphatic carbocycles. The van der Waals surface area contributed by atoms with Crippen LogP contribution < -0.4 is 4.74 Å². The second kappa shape index (κ2) is 6.29. The third-order valence-electron chi connectivity index (χ3n) is 2.46. The molecule has 0 bridgehead atoms. The van der Waals surface area contributed by atoms with Crippen LogP contribution in [0.25, 0.3) is 0 Å².